The van der Waals surface area contributed by atoms with E-state index in [0.29, 0.717) is 17.2 Å². The van der Waals surface area contributed by atoms with Gasteiger partial charge in [0.25, 0.3) is 0 Å². The van der Waals surface area contributed by atoms with E-state index in [4.69, 9.17) is 16.9 Å². The number of halogens is 1. The lowest BCUT2D eigenvalue weighted by Gasteiger charge is -2.15. The van der Waals surface area contributed by atoms with Crippen LogP contribution in [0.2, 0.25) is 5.28 Å². The molecule has 0 aliphatic heterocycles. The third-order valence-electron chi connectivity index (χ3n) is 2.27. The molecular formula is C9H9ClN6. The zero-order chi connectivity index (χ0) is 11.7. The van der Waals surface area contributed by atoms with Crippen molar-refractivity contribution in [2.75, 3.05) is 18.5 Å². The summed E-state index contributed by atoms with van der Waals surface area (Å²) in [6.45, 7) is 2.75. The normalized spacial score (nSPS) is 10.4. The Morgan fingerprint density at radius 1 is 1.62 bits per heavy atom. The maximum Gasteiger partial charge on any atom is 0.243 e. The molecule has 82 valence electrons. The number of nitriles is 1. The van der Waals surface area contributed by atoms with Crippen LogP contribution in [0.15, 0.2) is 6.20 Å². The summed E-state index contributed by atoms with van der Waals surface area (Å²) in [5.74, 6) is 0.615. The lowest BCUT2D eigenvalue weighted by atomic mass is 10.5. The summed E-state index contributed by atoms with van der Waals surface area (Å²) < 4.78 is 1.40. The monoisotopic (exact) mass is 236 g/mol. The first kappa shape index (κ1) is 10.6. The highest BCUT2D eigenvalue weighted by Gasteiger charge is 2.14. The minimum Gasteiger partial charge on any atom is -0.357 e. The molecular weight excluding hydrogens is 228 g/mol. The molecule has 0 fully saturated rings. The van der Waals surface area contributed by atoms with Crippen LogP contribution in [0.4, 0.5) is 5.82 Å². The van der Waals surface area contributed by atoms with Crippen LogP contribution in [0.25, 0.3) is 5.65 Å². The van der Waals surface area contributed by atoms with Crippen molar-refractivity contribution >= 4 is 23.1 Å². The van der Waals surface area contributed by atoms with E-state index >= 15 is 0 Å². The fraction of sp³-hybridized carbons (Fsp3) is 0.333. The van der Waals surface area contributed by atoms with Gasteiger partial charge in [0.15, 0.2) is 17.2 Å². The smallest absolute Gasteiger partial charge is 0.243 e. The lowest BCUT2D eigenvalue weighted by Crippen LogP contribution is -2.19. The third kappa shape index (κ3) is 1.55. The second kappa shape index (κ2) is 3.94. The summed E-state index contributed by atoms with van der Waals surface area (Å²) in [6.07, 6.45) is 1.45. The quantitative estimate of drug-likeness (QED) is 0.781. The minimum atomic E-state index is 0.0947. The van der Waals surface area contributed by atoms with Gasteiger partial charge in [-0.15, -0.1) is 5.10 Å². The highest BCUT2D eigenvalue weighted by molar-refractivity contribution is 6.28. The van der Waals surface area contributed by atoms with E-state index in [9.17, 15) is 0 Å². The Morgan fingerprint density at radius 3 is 3.00 bits per heavy atom. The van der Waals surface area contributed by atoms with Gasteiger partial charge in [-0.05, 0) is 18.5 Å². The fourth-order valence-electron chi connectivity index (χ4n) is 1.32. The summed E-state index contributed by atoms with van der Waals surface area (Å²) in [4.78, 5) is 10.1. The zero-order valence-corrected chi connectivity index (χ0v) is 9.60. The topological polar surface area (TPSA) is 70.1 Å². The van der Waals surface area contributed by atoms with Crippen molar-refractivity contribution in [3.05, 3.63) is 17.2 Å². The van der Waals surface area contributed by atoms with Gasteiger partial charge in [-0.1, -0.05) is 0 Å². The van der Waals surface area contributed by atoms with Gasteiger partial charge in [0.05, 0.1) is 6.20 Å². The molecule has 0 aromatic carbocycles. The molecule has 2 aromatic heterocycles. The fourth-order valence-corrected chi connectivity index (χ4v) is 1.48. The van der Waals surface area contributed by atoms with Crippen LogP contribution in [0.1, 0.15) is 12.6 Å². The third-order valence-corrected chi connectivity index (χ3v) is 2.43. The van der Waals surface area contributed by atoms with Gasteiger partial charge >= 0.3 is 0 Å². The number of aromatic nitrogens is 4. The van der Waals surface area contributed by atoms with E-state index in [1.165, 1.54) is 10.7 Å². The molecule has 0 unspecified atom stereocenters. The molecule has 2 aromatic rings. The van der Waals surface area contributed by atoms with Gasteiger partial charge in [0, 0.05) is 13.6 Å². The van der Waals surface area contributed by atoms with Crippen molar-refractivity contribution < 1.29 is 0 Å². The highest BCUT2D eigenvalue weighted by Crippen LogP contribution is 2.18. The SMILES string of the molecule is CCN(C)c1nc(Cl)nn2c(C#N)cnc12. The summed E-state index contributed by atoms with van der Waals surface area (Å²) >= 11 is 5.80. The van der Waals surface area contributed by atoms with E-state index < -0.39 is 0 Å². The van der Waals surface area contributed by atoms with Crippen LogP contribution in [0.5, 0.6) is 0 Å². The number of fused-ring (bicyclic) bond motifs is 1. The van der Waals surface area contributed by atoms with Crippen LogP contribution in [-0.2, 0) is 0 Å². The van der Waals surface area contributed by atoms with Crippen molar-refractivity contribution in [3.8, 4) is 6.07 Å². The van der Waals surface area contributed by atoms with Crippen molar-refractivity contribution in [2.24, 2.45) is 0 Å². The van der Waals surface area contributed by atoms with E-state index in [0.717, 1.165) is 6.54 Å². The Hall–Kier alpha value is -1.87. The molecule has 7 heteroatoms. The Labute approximate surface area is 97.1 Å². The predicted octanol–water partition coefficient (Wildman–Crippen LogP) is 1.11. The number of hydrogen-bond donors (Lipinski definition) is 0. The number of nitrogens with zero attached hydrogens (tertiary/aromatic N) is 6. The van der Waals surface area contributed by atoms with Crippen LogP contribution in [-0.4, -0.2) is 33.2 Å². The molecule has 0 spiro atoms. The van der Waals surface area contributed by atoms with Gasteiger partial charge in [0.1, 0.15) is 6.07 Å². The summed E-state index contributed by atoms with van der Waals surface area (Å²) in [5.41, 5.74) is 0.871. The van der Waals surface area contributed by atoms with Crippen LogP contribution >= 0.6 is 11.6 Å². The molecule has 0 atom stereocenters. The highest BCUT2D eigenvalue weighted by atomic mass is 35.5. The molecule has 0 N–H and O–H groups in total. The molecule has 0 radical (unpaired) electrons. The van der Waals surface area contributed by atoms with E-state index in [-0.39, 0.29) is 5.28 Å². The van der Waals surface area contributed by atoms with E-state index in [1.807, 2.05) is 24.9 Å². The van der Waals surface area contributed by atoms with Crippen molar-refractivity contribution in [1.29, 1.82) is 5.26 Å². The maximum absolute atomic E-state index is 8.87. The molecule has 0 saturated carbocycles. The van der Waals surface area contributed by atoms with Gasteiger partial charge in [-0.25, -0.2) is 4.98 Å². The van der Waals surface area contributed by atoms with Crippen LogP contribution in [0.3, 0.4) is 0 Å². The first-order valence-electron chi connectivity index (χ1n) is 4.70. The predicted molar refractivity (Wildman–Crippen MR) is 59.5 cm³/mol. The van der Waals surface area contributed by atoms with E-state index in [1.54, 1.807) is 0 Å². The number of anilines is 1. The van der Waals surface area contributed by atoms with Gasteiger partial charge in [-0.3, -0.25) is 0 Å². The summed E-state index contributed by atoms with van der Waals surface area (Å²) in [7, 11) is 1.87. The lowest BCUT2D eigenvalue weighted by molar-refractivity contribution is 0.854. The molecule has 16 heavy (non-hydrogen) atoms. The van der Waals surface area contributed by atoms with Crippen LogP contribution < -0.4 is 4.90 Å². The van der Waals surface area contributed by atoms with Gasteiger partial charge in [0.2, 0.25) is 5.28 Å². The summed E-state index contributed by atoms with van der Waals surface area (Å²) in [5, 5.41) is 12.9. The Balaban J connectivity index is 2.75. The summed E-state index contributed by atoms with van der Waals surface area (Å²) in [6, 6.07) is 1.99. The first-order chi connectivity index (χ1) is 7.67. The minimum absolute atomic E-state index is 0.0947. The molecule has 0 saturated heterocycles. The Kier molecular flexibility index (Phi) is 2.62. The maximum atomic E-state index is 8.87. The average Bonchev–Trinajstić information content (AvgIpc) is 2.69. The van der Waals surface area contributed by atoms with E-state index in [2.05, 4.69) is 15.1 Å². The molecule has 2 heterocycles. The van der Waals surface area contributed by atoms with Gasteiger partial charge in [-0.2, -0.15) is 14.8 Å². The number of rotatable bonds is 2. The number of imidazole rings is 1. The Morgan fingerprint density at radius 2 is 2.38 bits per heavy atom. The number of hydrogen-bond acceptors (Lipinski definition) is 5. The second-order valence-corrected chi connectivity index (χ2v) is 3.55. The average molecular weight is 237 g/mol. The standard InChI is InChI=1S/C9H9ClN6/c1-3-15(2)8-7-12-5-6(4-11)16(7)14-9(10)13-8/h5H,3H2,1-2H3. The zero-order valence-electron chi connectivity index (χ0n) is 8.85. The largest absolute Gasteiger partial charge is 0.357 e. The molecule has 0 amide bonds. The van der Waals surface area contributed by atoms with Crippen LogP contribution in [0, 0.1) is 11.3 Å². The first-order valence-corrected chi connectivity index (χ1v) is 5.07. The van der Waals surface area contributed by atoms with Crippen molar-refractivity contribution in [3.63, 3.8) is 0 Å². The van der Waals surface area contributed by atoms with Gasteiger partial charge < -0.3 is 4.90 Å². The molecule has 0 aliphatic carbocycles. The molecule has 0 aliphatic rings. The molecule has 6 nitrogen and oxygen atoms in total. The molecule has 2 rings (SSSR count). The molecule has 0 bridgehead atoms. The second-order valence-electron chi connectivity index (χ2n) is 3.21. The van der Waals surface area contributed by atoms with Crippen molar-refractivity contribution in [1.82, 2.24) is 19.6 Å². The van der Waals surface area contributed by atoms with Crippen molar-refractivity contribution in [2.45, 2.75) is 6.92 Å². The Bertz CT molecular complexity index is 569.